The third-order valence-electron chi connectivity index (χ3n) is 2.39. The van der Waals surface area contributed by atoms with E-state index in [4.69, 9.17) is 0 Å². The van der Waals surface area contributed by atoms with Gasteiger partial charge in [0.05, 0.1) is 5.92 Å². The summed E-state index contributed by atoms with van der Waals surface area (Å²) in [5.41, 5.74) is 1.13. The van der Waals surface area contributed by atoms with E-state index in [0.29, 0.717) is 5.78 Å². The van der Waals surface area contributed by atoms with Crippen LogP contribution in [0.5, 0.6) is 0 Å². The van der Waals surface area contributed by atoms with Gasteiger partial charge in [0.25, 0.3) is 0 Å². The first-order chi connectivity index (χ1) is 5.72. The normalized spacial score (nSPS) is 27.3. The second kappa shape index (κ2) is 2.70. The number of rotatable bonds is 1. The van der Waals surface area contributed by atoms with Crippen LogP contribution in [0.3, 0.4) is 0 Å². The summed E-state index contributed by atoms with van der Waals surface area (Å²) in [4.78, 5) is 11.1. The Morgan fingerprint density at radius 3 is 2.42 bits per heavy atom. The summed E-state index contributed by atoms with van der Waals surface area (Å²) in [5, 5.41) is 0. The van der Waals surface area contributed by atoms with Crippen molar-refractivity contribution in [2.75, 3.05) is 0 Å². The number of carbonyl (C=O) groups excluding carboxylic acids is 1. The minimum Gasteiger partial charge on any atom is -0.299 e. The van der Waals surface area contributed by atoms with Crippen LogP contribution in [-0.4, -0.2) is 5.78 Å². The monoisotopic (exact) mass is 224 g/mol. The van der Waals surface area contributed by atoms with E-state index in [1.54, 1.807) is 0 Å². The number of halogens is 1. The Bertz CT molecular complexity index is 332. The van der Waals surface area contributed by atoms with Crippen molar-refractivity contribution >= 4 is 21.7 Å². The predicted molar refractivity (Wildman–Crippen MR) is 51.1 cm³/mol. The molecule has 2 heteroatoms. The van der Waals surface area contributed by atoms with Crippen LogP contribution in [0.25, 0.3) is 0 Å². The average molecular weight is 225 g/mol. The van der Waals surface area contributed by atoms with Crippen molar-refractivity contribution in [3.8, 4) is 0 Å². The third kappa shape index (κ3) is 1.11. The van der Waals surface area contributed by atoms with E-state index in [1.807, 2.05) is 31.2 Å². The van der Waals surface area contributed by atoms with Gasteiger partial charge in [-0.25, -0.2) is 0 Å². The lowest BCUT2D eigenvalue weighted by molar-refractivity contribution is -0.111. The first-order valence-corrected chi connectivity index (χ1v) is 4.79. The number of benzene rings is 1. The number of ketones is 1. The molecule has 0 radical (unpaired) electrons. The molecule has 1 aromatic rings. The second-order valence-electron chi connectivity index (χ2n) is 3.19. The summed E-state index contributed by atoms with van der Waals surface area (Å²) >= 11 is 3.44. The molecule has 2 rings (SSSR count). The molecule has 0 bridgehead atoms. The summed E-state index contributed by atoms with van der Waals surface area (Å²) in [6.07, 6.45) is 0. The first-order valence-electron chi connectivity index (χ1n) is 4.00. The highest BCUT2D eigenvalue weighted by atomic mass is 79.9. The standard InChI is InChI=1S/C10H9BrO/c1-6-9(10(6)12)7-4-2-3-5-8(7)11/h2-6,9H,1H3. The predicted octanol–water partition coefficient (Wildman–Crippen LogP) is 2.75. The minimum absolute atomic E-state index is 0.153. The molecule has 1 aliphatic rings. The van der Waals surface area contributed by atoms with Gasteiger partial charge in [0.2, 0.25) is 0 Å². The van der Waals surface area contributed by atoms with Gasteiger partial charge in [-0.05, 0) is 11.6 Å². The van der Waals surface area contributed by atoms with Gasteiger partial charge in [-0.1, -0.05) is 41.1 Å². The lowest BCUT2D eigenvalue weighted by Crippen LogP contribution is -1.83. The van der Waals surface area contributed by atoms with Crippen molar-refractivity contribution < 1.29 is 4.79 Å². The molecular weight excluding hydrogens is 216 g/mol. The maximum absolute atomic E-state index is 11.1. The molecule has 62 valence electrons. The molecule has 1 saturated carbocycles. The molecule has 1 aromatic carbocycles. The summed E-state index contributed by atoms with van der Waals surface area (Å²) in [6.45, 7) is 1.98. The van der Waals surface area contributed by atoms with Crippen LogP contribution in [0.2, 0.25) is 0 Å². The number of Topliss-reactive ketones (excluding diaryl/α,β-unsaturated/α-hetero) is 1. The van der Waals surface area contributed by atoms with Crippen LogP contribution >= 0.6 is 15.9 Å². The van der Waals surface area contributed by atoms with E-state index < -0.39 is 0 Å². The third-order valence-corrected chi connectivity index (χ3v) is 3.11. The SMILES string of the molecule is CC1C(=O)C1c1ccccc1Br. The molecule has 1 aliphatic carbocycles. The van der Waals surface area contributed by atoms with Crippen molar-refractivity contribution in [2.45, 2.75) is 12.8 Å². The fraction of sp³-hybridized carbons (Fsp3) is 0.300. The Balaban J connectivity index is 2.36. The van der Waals surface area contributed by atoms with Crippen LogP contribution in [0.1, 0.15) is 18.4 Å². The maximum atomic E-state index is 11.1. The molecule has 0 aromatic heterocycles. The second-order valence-corrected chi connectivity index (χ2v) is 4.04. The molecule has 2 unspecified atom stereocenters. The van der Waals surface area contributed by atoms with Crippen molar-refractivity contribution in [2.24, 2.45) is 5.92 Å². The Morgan fingerprint density at radius 1 is 1.33 bits per heavy atom. The lowest BCUT2D eigenvalue weighted by Gasteiger charge is -1.98. The zero-order valence-electron chi connectivity index (χ0n) is 6.75. The molecule has 0 saturated heterocycles. The first kappa shape index (κ1) is 7.99. The Kier molecular flexibility index (Phi) is 1.80. The lowest BCUT2D eigenvalue weighted by atomic mass is 10.1. The van der Waals surface area contributed by atoms with Crippen LogP contribution in [0.4, 0.5) is 0 Å². The topological polar surface area (TPSA) is 17.1 Å². The van der Waals surface area contributed by atoms with Crippen molar-refractivity contribution in [3.05, 3.63) is 34.3 Å². The van der Waals surface area contributed by atoms with Gasteiger partial charge in [-0.3, -0.25) is 4.79 Å². The average Bonchev–Trinajstić information content (AvgIpc) is 2.62. The van der Waals surface area contributed by atoms with Gasteiger partial charge in [0.15, 0.2) is 0 Å². The molecule has 0 amide bonds. The highest BCUT2D eigenvalue weighted by Gasteiger charge is 2.46. The zero-order valence-corrected chi connectivity index (χ0v) is 8.34. The van der Waals surface area contributed by atoms with Gasteiger partial charge < -0.3 is 0 Å². The Hall–Kier alpha value is -0.630. The van der Waals surface area contributed by atoms with E-state index in [1.165, 1.54) is 0 Å². The van der Waals surface area contributed by atoms with Gasteiger partial charge in [-0.15, -0.1) is 0 Å². The molecule has 2 atom stereocenters. The zero-order chi connectivity index (χ0) is 8.72. The number of hydrogen-bond donors (Lipinski definition) is 0. The Labute approximate surface area is 79.9 Å². The number of hydrogen-bond acceptors (Lipinski definition) is 1. The Morgan fingerprint density at radius 2 is 1.92 bits per heavy atom. The van der Waals surface area contributed by atoms with Crippen LogP contribution in [-0.2, 0) is 4.79 Å². The van der Waals surface area contributed by atoms with E-state index >= 15 is 0 Å². The van der Waals surface area contributed by atoms with Crippen molar-refractivity contribution in [1.29, 1.82) is 0 Å². The summed E-state index contributed by atoms with van der Waals surface area (Å²) in [7, 11) is 0. The number of carbonyl (C=O) groups is 1. The van der Waals surface area contributed by atoms with Gasteiger partial charge in [-0.2, -0.15) is 0 Å². The summed E-state index contributed by atoms with van der Waals surface area (Å²) in [5.74, 6) is 0.742. The molecule has 1 fully saturated rings. The minimum atomic E-state index is 0.153. The van der Waals surface area contributed by atoms with E-state index in [-0.39, 0.29) is 11.8 Å². The molecule has 1 nitrogen and oxygen atoms in total. The van der Waals surface area contributed by atoms with Gasteiger partial charge in [0, 0.05) is 10.4 Å². The molecule has 0 aliphatic heterocycles. The fourth-order valence-electron chi connectivity index (χ4n) is 1.51. The molecule has 0 spiro atoms. The molecule has 0 N–H and O–H groups in total. The molecular formula is C10H9BrO. The van der Waals surface area contributed by atoms with Crippen LogP contribution < -0.4 is 0 Å². The van der Waals surface area contributed by atoms with Crippen molar-refractivity contribution in [1.82, 2.24) is 0 Å². The quantitative estimate of drug-likeness (QED) is 0.718. The van der Waals surface area contributed by atoms with E-state index in [9.17, 15) is 4.79 Å². The molecule has 12 heavy (non-hydrogen) atoms. The van der Waals surface area contributed by atoms with Gasteiger partial charge in [0.1, 0.15) is 5.78 Å². The molecule has 0 heterocycles. The van der Waals surface area contributed by atoms with Gasteiger partial charge >= 0.3 is 0 Å². The highest BCUT2D eigenvalue weighted by Crippen LogP contribution is 2.44. The summed E-state index contributed by atoms with van der Waals surface area (Å²) < 4.78 is 1.05. The smallest absolute Gasteiger partial charge is 0.144 e. The highest BCUT2D eigenvalue weighted by molar-refractivity contribution is 9.10. The van der Waals surface area contributed by atoms with Crippen LogP contribution in [0, 0.1) is 5.92 Å². The fourth-order valence-corrected chi connectivity index (χ4v) is 2.05. The summed E-state index contributed by atoms with van der Waals surface area (Å²) in [6, 6.07) is 7.92. The maximum Gasteiger partial charge on any atom is 0.144 e. The van der Waals surface area contributed by atoms with Crippen molar-refractivity contribution in [3.63, 3.8) is 0 Å². The largest absolute Gasteiger partial charge is 0.299 e. The van der Waals surface area contributed by atoms with Crippen LogP contribution in [0.15, 0.2) is 28.7 Å². The van der Waals surface area contributed by atoms with E-state index in [0.717, 1.165) is 10.0 Å². The van der Waals surface area contributed by atoms with E-state index in [2.05, 4.69) is 15.9 Å².